The van der Waals surface area contributed by atoms with Crippen LogP contribution in [0.4, 0.5) is 8.78 Å². The van der Waals surface area contributed by atoms with Crippen LogP contribution in [0.5, 0.6) is 0 Å². The lowest BCUT2D eigenvalue weighted by Crippen LogP contribution is -2.43. The number of halogens is 2. The largest absolute Gasteiger partial charge is 0.394 e. The summed E-state index contributed by atoms with van der Waals surface area (Å²) in [5, 5.41) is 19.1. The Bertz CT molecular complexity index is 682. The lowest BCUT2D eigenvalue weighted by Gasteiger charge is -2.25. The fourth-order valence-corrected chi connectivity index (χ4v) is 2.20. The maximum absolute atomic E-state index is 14.0. The summed E-state index contributed by atoms with van der Waals surface area (Å²) in [6.45, 7) is -0.735. The number of H-pyrrole nitrogens is 1. The minimum absolute atomic E-state index is 0.305. The van der Waals surface area contributed by atoms with Gasteiger partial charge in [-0.2, -0.15) is 4.39 Å². The molecule has 0 aliphatic carbocycles. The summed E-state index contributed by atoms with van der Waals surface area (Å²) in [6.07, 6.45) is 0.700. The van der Waals surface area contributed by atoms with E-state index in [1.807, 2.05) is 10.9 Å². The highest BCUT2D eigenvalue weighted by Gasteiger charge is 2.56. The highest BCUT2D eigenvalue weighted by molar-refractivity contribution is 7.71. The number of rotatable bonds is 2. The van der Waals surface area contributed by atoms with Gasteiger partial charge in [0.1, 0.15) is 6.10 Å². The number of aliphatic hydroxyl groups excluding tert-OH is 1. The van der Waals surface area contributed by atoms with E-state index in [4.69, 9.17) is 28.5 Å². The third-order valence-electron chi connectivity index (χ3n) is 3.02. The predicted octanol–water partition coefficient (Wildman–Crippen LogP) is -0.363. The van der Waals surface area contributed by atoms with Gasteiger partial charge in [-0.25, -0.2) is 4.39 Å². The van der Waals surface area contributed by atoms with Crippen molar-refractivity contribution < 1.29 is 23.7 Å². The zero-order chi connectivity index (χ0) is 15.1. The van der Waals surface area contributed by atoms with Crippen molar-refractivity contribution >= 4 is 12.2 Å². The Morgan fingerprint density at radius 3 is 2.90 bits per heavy atom. The zero-order valence-electron chi connectivity index (χ0n) is 9.92. The third-order valence-corrected chi connectivity index (χ3v) is 3.33. The molecule has 1 aliphatic rings. The number of hydrogen-bond donors (Lipinski definition) is 3. The SMILES string of the molecule is C#CC1(O)[C@@H](F)[C@@H](CO)O[C@H]1n1cc(F)c(=O)[nH]c1=S. The minimum atomic E-state index is -2.45. The molecule has 0 aromatic carbocycles. The van der Waals surface area contributed by atoms with E-state index in [9.17, 15) is 18.7 Å². The monoisotopic (exact) mass is 304 g/mol. The summed E-state index contributed by atoms with van der Waals surface area (Å²) in [5.74, 6) is 0.623. The van der Waals surface area contributed by atoms with Gasteiger partial charge in [-0.3, -0.25) is 14.3 Å². The number of nitrogens with one attached hydrogen (secondary N) is 1. The summed E-state index contributed by atoms with van der Waals surface area (Å²) in [5.41, 5.74) is -3.51. The van der Waals surface area contributed by atoms with E-state index in [2.05, 4.69) is 0 Å². The van der Waals surface area contributed by atoms with Crippen molar-refractivity contribution in [1.29, 1.82) is 0 Å². The Labute approximate surface area is 116 Å². The van der Waals surface area contributed by atoms with E-state index in [0.29, 0.717) is 6.20 Å². The summed E-state index contributed by atoms with van der Waals surface area (Å²) < 4.78 is 32.9. The third kappa shape index (κ3) is 2.06. The lowest BCUT2D eigenvalue weighted by molar-refractivity contribution is -0.0744. The van der Waals surface area contributed by atoms with Crippen molar-refractivity contribution in [3.8, 4) is 12.3 Å². The standard InChI is InChI=1S/C11H10F2N2O4S/c1-2-11(18)7(13)6(4-16)19-9(11)15-3-5(12)8(17)14-10(15)20/h1,3,6-7,9,16,18H,4H2,(H,14,17,20)/t6-,7+,9-,11?/m1/s1. The first-order valence-corrected chi connectivity index (χ1v) is 5.87. The molecule has 0 radical (unpaired) electrons. The van der Waals surface area contributed by atoms with Crippen LogP contribution in [-0.2, 0) is 4.74 Å². The Hall–Kier alpha value is -1.60. The molecule has 108 valence electrons. The Balaban J connectivity index is 2.58. The molecule has 1 unspecified atom stereocenters. The number of hydrogen-bond acceptors (Lipinski definition) is 5. The molecule has 0 bridgehead atoms. The molecule has 1 aliphatic heterocycles. The van der Waals surface area contributed by atoms with Gasteiger partial charge in [-0.05, 0) is 12.2 Å². The van der Waals surface area contributed by atoms with Crippen molar-refractivity contribution in [3.05, 3.63) is 27.1 Å². The molecule has 0 amide bonds. The highest BCUT2D eigenvalue weighted by atomic mass is 32.1. The zero-order valence-corrected chi connectivity index (χ0v) is 10.7. The smallest absolute Gasteiger partial charge is 0.287 e. The summed E-state index contributed by atoms with van der Waals surface area (Å²) in [4.78, 5) is 13.1. The van der Waals surface area contributed by atoms with E-state index < -0.39 is 42.1 Å². The van der Waals surface area contributed by atoms with Crippen LogP contribution in [0, 0.1) is 22.9 Å². The second-order valence-electron chi connectivity index (χ2n) is 4.22. The van der Waals surface area contributed by atoms with Gasteiger partial charge in [0, 0.05) is 0 Å². The van der Waals surface area contributed by atoms with Gasteiger partial charge in [0.15, 0.2) is 17.2 Å². The molecule has 6 nitrogen and oxygen atoms in total. The Morgan fingerprint density at radius 2 is 2.35 bits per heavy atom. The molecule has 1 saturated heterocycles. The molecule has 0 saturated carbocycles. The second-order valence-corrected chi connectivity index (χ2v) is 4.61. The number of nitrogens with zero attached hydrogens (tertiary/aromatic N) is 1. The summed E-state index contributed by atoms with van der Waals surface area (Å²) in [7, 11) is 0. The maximum atomic E-state index is 14.0. The molecule has 1 aromatic rings. The molecule has 0 spiro atoms. The number of aliphatic hydroxyl groups is 2. The Kier molecular flexibility index (Phi) is 3.75. The molecule has 1 fully saturated rings. The molecule has 20 heavy (non-hydrogen) atoms. The van der Waals surface area contributed by atoms with Crippen molar-refractivity contribution in [2.24, 2.45) is 0 Å². The lowest BCUT2D eigenvalue weighted by atomic mass is 9.96. The average molecular weight is 304 g/mol. The summed E-state index contributed by atoms with van der Waals surface area (Å²) in [6, 6.07) is 0. The van der Waals surface area contributed by atoms with Gasteiger partial charge < -0.3 is 14.9 Å². The van der Waals surface area contributed by atoms with Crippen LogP contribution in [0.25, 0.3) is 0 Å². The molecular weight excluding hydrogens is 294 g/mol. The van der Waals surface area contributed by atoms with Gasteiger partial charge in [-0.15, -0.1) is 6.42 Å². The number of terminal acetylenes is 1. The van der Waals surface area contributed by atoms with Gasteiger partial charge in [0.05, 0.1) is 12.8 Å². The van der Waals surface area contributed by atoms with E-state index in [1.54, 1.807) is 0 Å². The molecular formula is C11H10F2N2O4S. The molecule has 1 aromatic heterocycles. The topological polar surface area (TPSA) is 87.5 Å². The fraction of sp³-hybridized carbons (Fsp3) is 0.455. The fourth-order valence-electron chi connectivity index (χ4n) is 1.96. The van der Waals surface area contributed by atoms with E-state index in [0.717, 1.165) is 4.57 Å². The van der Waals surface area contributed by atoms with Crippen LogP contribution in [0.15, 0.2) is 11.0 Å². The van der Waals surface area contributed by atoms with E-state index in [1.165, 1.54) is 0 Å². The van der Waals surface area contributed by atoms with E-state index >= 15 is 0 Å². The van der Waals surface area contributed by atoms with E-state index in [-0.39, 0.29) is 4.77 Å². The van der Waals surface area contributed by atoms with Gasteiger partial charge in [0.25, 0.3) is 5.56 Å². The van der Waals surface area contributed by atoms with Crippen molar-refractivity contribution in [2.45, 2.75) is 24.1 Å². The normalized spacial score (nSPS) is 33.0. The number of aromatic nitrogens is 2. The number of ether oxygens (including phenoxy) is 1. The highest BCUT2D eigenvalue weighted by Crippen LogP contribution is 2.39. The van der Waals surface area contributed by atoms with Crippen LogP contribution in [0.3, 0.4) is 0 Å². The van der Waals surface area contributed by atoms with Crippen LogP contribution < -0.4 is 5.56 Å². The molecule has 2 heterocycles. The van der Waals surface area contributed by atoms with Crippen LogP contribution in [0.2, 0.25) is 0 Å². The first-order chi connectivity index (χ1) is 9.35. The summed E-state index contributed by atoms with van der Waals surface area (Å²) >= 11 is 4.80. The van der Waals surface area contributed by atoms with Gasteiger partial charge in [-0.1, -0.05) is 5.92 Å². The van der Waals surface area contributed by atoms with Gasteiger partial charge >= 0.3 is 0 Å². The molecule has 4 atom stereocenters. The number of alkyl halides is 1. The van der Waals surface area contributed by atoms with Crippen LogP contribution >= 0.6 is 12.2 Å². The first kappa shape index (κ1) is 14.8. The first-order valence-electron chi connectivity index (χ1n) is 5.46. The van der Waals surface area contributed by atoms with Crippen LogP contribution in [0.1, 0.15) is 6.23 Å². The predicted molar refractivity (Wildman–Crippen MR) is 65.5 cm³/mol. The van der Waals surface area contributed by atoms with Crippen molar-refractivity contribution in [3.63, 3.8) is 0 Å². The van der Waals surface area contributed by atoms with Gasteiger partial charge in [0.2, 0.25) is 11.4 Å². The maximum Gasteiger partial charge on any atom is 0.287 e. The quantitative estimate of drug-likeness (QED) is 0.513. The molecule has 3 N–H and O–H groups in total. The average Bonchev–Trinajstić information content (AvgIpc) is 2.67. The molecule has 2 rings (SSSR count). The Morgan fingerprint density at radius 1 is 1.70 bits per heavy atom. The van der Waals surface area contributed by atoms with Crippen molar-refractivity contribution in [2.75, 3.05) is 6.61 Å². The molecule has 9 heteroatoms. The second kappa shape index (κ2) is 5.06. The van der Waals surface area contributed by atoms with Crippen LogP contribution in [-0.4, -0.2) is 44.2 Å². The minimum Gasteiger partial charge on any atom is -0.394 e. The number of aromatic amines is 1. The van der Waals surface area contributed by atoms with Crippen molar-refractivity contribution in [1.82, 2.24) is 9.55 Å².